The van der Waals surface area contributed by atoms with Crippen LogP contribution in [0.25, 0.3) is 0 Å². The van der Waals surface area contributed by atoms with Gasteiger partial charge in [0.15, 0.2) is 0 Å². The minimum absolute atomic E-state index is 0.114. The lowest BCUT2D eigenvalue weighted by molar-refractivity contribution is 0.193. The first-order valence-electron chi connectivity index (χ1n) is 7.02. The van der Waals surface area contributed by atoms with Crippen molar-refractivity contribution in [2.75, 3.05) is 20.6 Å². The first-order valence-corrected chi connectivity index (χ1v) is 7.02. The minimum Gasteiger partial charge on any atom is -0.393 e. The summed E-state index contributed by atoms with van der Waals surface area (Å²) < 4.78 is 25.5. The number of hydrogen-bond acceptors (Lipinski definition) is 2. The third kappa shape index (κ3) is 6.88. The van der Waals surface area contributed by atoms with E-state index >= 15 is 0 Å². The lowest BCUT2D eigenvalue weighted by Gasteiger charge is -2.16. The molecule has 116 valence electrons. The number of rotatable bonds is 7. The lowest BCUT2D eigenvalue weighted by Crippen LogP contribution is -2.18. The standard InChI is InChI=1S/C16H23F2N3/c1-19-10-12-21(13-20-2)11-9-14-5-3-4-6-15(8-7-14)16(17)18/h4-6,8,10,12-13,16,19H,3,7,9,11H2,1-2H3/b6-4-,12-10+,14-5+,15-8?,20-13?. The minimum atomic E-state index is -2.40. The molecule has 1 rings (SSSR count). The lowest BCUT2D eigenvalue weighted by atomic mass is 10.0. The molecule has 0 spiro atoms. The van der Waals surface area contributed by atoms with Crippen molar-refractivity contribution in [1.82, 2.24) is 10.2 Å². The van der Waals surface area contributed by atoms with Gasteiger partial charge in [0.2, 0.25) is 0 Å². The van der Waals surface area contributed by atoms with Gasteiger partial charge in [0, 0.05) is 38.6 Å². The molecular weight excluding hydrogens is 272 g/mol. The van der Waals surface area contributed by atoms with E-state index in [-0.39, 0.29) is 5.57 Å². The number of hydrogen-bond donors (Lipinski definition) is 1. The number of nitrogens with one attached hydrogen (secondary N) is 1. The predicted octanol–water partition coefficient (Wildman–Crippen LogP) is 3.50. The molecule has 0 fully saturated rings. The summed E-state index contributed by atoms with van der Waals surface area (Å²) in [7, 11) is 3.55. The Balaban J connectivity index is 2.61. The highest BCUT2D eigenvalue weighted by Crippen LogP contribution is 2.19. The van der Waals surface area contributed by atoms with Gasteiger partial charge in [0.05, 0.1) is 6.34 Å². The van der Waals surface area contributed by atoms with Crippen LogP contribution in [0.4, 0.5) is 8.78 Å². The van der Waals surface area contributed by atoms with Crippen molar-refractivity contribution in [2.45, 2.75) is 25.7 Å². The van der Waals surface area contributed by atoms with Gasteiger partial charge in [0.1, 0.15) is 0 Å². The molecule has 0 saturated heterocycles. The summed E-state index contributed by atoms with van der Waals surface area (Å²) in [5.74, 6) is 0. The fourth-order valence-electron chi connectivity index (χ4n) is 1.97. The summed E-state index contributed by atoms with van der Waals surface area (Å²) in [5.41, 5.74) is 1.28. The van der Waals surface area contributed by atoms with E-state index in [9.17, 15) is 8.78 Å². The molecule has 1 aliphatic carbocycles. The van der Waals surface area contributed by atoms with E-state index in [0.717, 1.165) is 13.0 Å². The third-order valence-electron chi connectivity index (χ3n) is 3.09. The fourth-order valence-corrected chi connectivity index (χ4v) is 1.97. The predicted molar refractivity (Wildman–Crippen MR) is 84.5 cm³/mol. The Morgan fingerprint density at radius 3 is 2.90 bits per heavy atom. The number of aliphatic imine (C=N–C) groups is 1. The fraction of sp³-hybridized carbons (Fsp3) is 0.438. The van der Waals surface area contributed by atoms with Crippen molar-refractivity contribution in [1.29, 1.82) is 0 Å². The second-order valence-electron chi connectivity index (χ2n) is 4.68. The van der Waals surface area contributed by atoms with Crippen molar-refractivity contribution >= 4 is 6.34 Å². The topological polar surface area (TPSA) is 27.6 Å². The maximum atomic E-state index is 12.7. The van der Waals surface area contributed by atoms with Gasteiger partial charge in [-0.15, -0.1) is 0 Å². The van der Waals surface area contributed by atoms with Gasteiger partial charge in [0.25, 0.3) is 6.43 Å². The summed E-state index contributed by atoms with van der Waals surface area (Å²) >= 11 is 0. The number of halogens is 2. The summed E-state index contributed by atoms with van der Waals surface area (Å²) in [6.07, 6.45) is 12.2. The zero-order valence-corrected chi connectivity index (χ0v) is 12.6. The molecular formula is C16H23F2N3. The maximum Gasteiger partial charge on any atom is 0.263 e. The number of alkyl halides is 2. The van der Waals surface area contributed by atoms with Crippen LogP contribution in [0.1, 0.15) is 19.3 Å². The molecule has 3 nitrogen and oxygen atoms in total. The molecule has 1 aliphatic rings. The van der Waals surface area contributed by atoms with Gasteiger partial charge < -0.3 is 10.2 Å². The molecule has 0 heterocycles. The van der Waals surface area contributed by atoms with Crippen molar-refractivity contribution in [3.63, 3.8) is 0 Å². The molecule has 21 heavy (non-hydrogen) atoms. The van der Waals surface area contributed by atoms with E-state index in [1.54, 1.807) is 25.5 Å². The average molecular weight is 295 g/mol. The zero-order chi connectivity index (χ0) is 15.5. The molecule has 0 radical (unpaired) electrons. The smallest absolute Gasteiger partial charge is 0.263 e. The molecule has 0 bridgehead atoms. The Morgan fingerprint density at radius 2 is 2.24 bits per heavy atom. The van der Waals surface area contributed by atoms with E-state index in [0.29, 0.717) is 12.8 Å². The Labute approximate surface area is 125 Å². The Morgan fingerprint density at radius 1 is 1.43 bits per heavy atom. The molecule has 0 unspecified atom stereocenters. The monoisotopic (exact) mass is 295 g/mol. The van der Waals surface area contributed by atoms with Crippen LogP contribution in [0.2, 0.25) is 0 Å². The van der Waals surface area contributed by atoms with Crippen molar-refractivity contribution in [3.05, 3.63) is 47.9 Å². The first kappa shape index (κ1) is 17.1. The van der Waals surface area contributed by atoms with Gasteiger partial charge in [-0.05, 0) is 19.3 Å². The van der Waals surface area contributed by atoms with Crippen LogP contribution in [-0.2, 0) is 0 Å². The molecule has 0 aliphatic heterocycles. The van der Waals surface area contributed by atoms with Crippen LogP contribution in [0.15, 0.2) is 52.8 Å². The third-order valence-corrected chi connectivity index (χ3v) is 3.09. The second kappa shape index (κ2) is 9.91. The first-order chi connectivity index (χ1) is 10.2. The number of nitrogens with zero attached hydrogens (tertiary/aromatic N) is 2. The molecule has 0 aromatic heterocycles. The van der Waals surface area contributed by atoms with Gasteiger partial charge in [-0.3, -0.25) is 4.99 Å². The highest BCUT2D eigenvalue weighted by molar-refractivity contribution is 5.56. The van der Waals surface area contributed by atoms with Crippen LogP contribution in [0.3, 0.4) is 0 Å². The normalized spacial score (nSPS) is 20.0. The van der Waals surface area contributed by atoms with Crippen molar-refractivity contribution < 1.29 is 8.78 Å². The van der Waals surface area contributed by atoms with Crippen LogP contribution in [0, 0.1) is 0 Å². The van der Waals surface area contributed by atoms with Gasteiger partial charge in [-0.25, -0.2) is 8.78 Å². The Bertz CT molecular complexity index is 448. The average Bonchev–Trinajstić information content (AvgIpc) is 2.43. The highest BCUT2D eigenvalue weighted by Gasteiger charge is 2.09. The Kier molecular flexibility index (Phi) is 8.09. The van der Waals surface area contributed by atoms with E-state index in [2.05, 4.69) is 16.4 Å². The molecule has 0 atom stereocenters. The van der Waals surface area contributed by atoms with Gasteiger partial charge in [-0.1, -0.05) is 29.9 Å². The van der Waals surface area contributed by atoms with Crippen molar-refractivity contribution in [3.8, 4) is 0 Å². The van der Waals surface area contributed by atoms with Gasteiger partial charge in [-0.2, -0.15) is 0 Å². The van der Waals surface area contributed by atoms with Crippen LogP contribution in [-0.4, -0.2) is 38.3 Å². The van der Waals surface area contributed by atoms with Crippen molar-refractivity contribution in [2.24, 2.45) is 4.99 Å². The summed E-state index contributed by atoms with van der Waals surface area (Å²) in [4.78, 5) is 5.96. The largest absolute Gasteiger partial charge is 0.393 e. The second-order valence-corrected chi connectivity index (χ2v) is 4.68. The molecule has 5 heteroatoms. The van der Waals surface area contributed by atoms with E-state index in [4.69, 9.17) is 0 Å². The van der Waals surface area contributed by atoms with E-state index in [1.165, 1.54) is 11.6 Å². The summed E-state index contributed by atoms with van der Waals surface area (Å²) in [6.45, 7) is 0.767. The molecule has 1 N–H and O–H groups in total. The summed E-state index contributed by atoms with van der Waals surface area (Å²) in [5, 5.41) is 2.93. The zero-order valence-electron chi connectivity index (χ0n) is 12.6. The molecule has 0 aromatic rings. The van der Waals surface area contributed by atoms with E-state index < -0.39 is 6.43 Å². The van der Waals surface area contributed by atoms with E-state index in [1.807, 2.05) is 24.3 Å². The van der Waals surface area contributed by atoms with Crippen LogP contribution < -0.4 is 5.32 Å². The summed E-state index contributed by atoms with van der Waals surface area (Å²) in [6, 6.07) is 0. The SMILES string of the molecule is CN=CN(/C=C/NC)CC/C1=C/C/C=C\C(C(F)F)=CC1. The highest BCUT2D eigenvalue weighted by atomic mass is 19.3. The van der Waals surface area contributed by atoms with Crippen LogP contribution in [0.5, 0.6) is 0 Å². The number of allylic oxidation sites excluding steroid dienone is 5. The molecule has 0 amide bonds. The molecule has 0 aromatic carbocycles. The maximum absolute atomic E-state index is 12.7. The Hall–Kier alpha value is -1.91. The quantitative estimate of drug-likeness (QED) is 0.442. The van der Waals surface area contributed by atoms with Gasteiger partial charge >= 0.3 is 0 Å². The molecule has 0 saturated carbocycles. The van der Waals surface area contributed by atoms with Crippen LogP contribution >= 0.6 is 0 Å².